The molecule has 8 heteroatoms. The molecular formula is C26H32N2O6. The van der Waals surface area contributed by atoms with Crippen LogP contribution in [-0.4, -0.2) is 47.0 Å². The molecule has 3 unspecified atom stereocenters. The number of benzene rings is 1. The number of likely N-dealkylation sites (tertiary alicyclic amines) is 1. The Labute approximate surface area is 199 Å². The number of amides is 3. The Hall–Kier alpha value is -3.29. The number of nitrogens with one attached hydrogen (secondary N) is 1. The molecular weight excluding hydrogens is 436 g/mol. The molecule has 1 aliphatic carbocycles. The van der Waals surface area contributed by atoms with E-state index in [0.717, 1.165) is 11.3 Å². The van der Waals surface area contributed by atoms with Crippen LogP contribution in [0.4, 0.5) is 5.69 Å². The average molecular weight is 469 g/mol. The van der Waals surface area contributed by atoms with E-state index in [4.69, 9.17) is 4.74 Å². The van der Waals surface area contributed by atoms with Crippen LogP contribution in [0.25, 0.3) is 0 Å². The number of imide groups is 1. The Morgan fingerprint density at radius 2 is 1.62 bits per heavy atom. The average Bonchev–Trinajstić information content (AvgIpc) is 3.06. The van der Waals surface area contributed by atoms with Gasteiger partial charge in [0.05, 0.1) is 11.8 Å². The van der Waals surface area contributed by atoms with Crippen LogP contribution in [0.2, 0.25) is 0 Å². The third-order valence-corrected chi connectivity index (χ3v) is 6.13. The number of hydrogen-bond acceptors (Lipinski definition) is 6. The number of carbonyl (C=O) groups excluding carboxylic acids is 5. The van der Waals surface area contributed by atoms with Gasteiger partial charge < -0.3 is 10.1 Å². The monoisotopic (exact) mass is 468 g/mol. The first-order chi connectivity index (χ1) is 16.2. The van der Waals surface area contributed by atoms with Crippen molar-refractivity contribution in [3.05, 3.63) is 42.0 Å². The molecule has 0 spiro atoms. The molecule has 0 bridgehead atoms. The summed E-state index contributed by atoms with van der Waals surface area (Å²) in [5, 5.41) is 2.74. The number of fused-ring (bicyclic) bond motifs is 1. The molecule has 0 aromatic heterocycles. The Balaban J connectivity index is 1.64. The van der Waals surface area contributed by atoms with E-state index in [9.17, 15) is 24.0 Å². The van der Waals surface area contributed by atoms with Crippen molar-refractivity contribution in [3.63, 3.8) is 0 Å². The lowest BCUT2D eigenvalue weighted by molar-refractivity contribution is -0.158. The molecule has 1 fully saturated rings. The highest BCUT2D eigenvalue weighted by atomic mass is 16.5. The number of carbonyl (C=O) groups is 5. The van der Waals surface area contributed by atoms with Gasteiger partial charge in [-0.3, -0.25) is 24.1 Å². The quantitative estimate of drug-likeness (QED) is 0.244. The lowest BCUT2D eigenvalue weighted by atomic mass is 9.85. The van der Waals surface area contributed by atoms with Gasteiger partial charge in [0.1, 0.15) is 6.04 Å². The van der Waals surface area contributed by atoms with E-state index >= 15 is 0 Å². The zero-order valence-electron chi connectivity index (χ0n) is 19.9. The summed E-state index contributed by atoms with van der Waals surface area (Å²) < 4.78 is 5.29. The fourth-order valence-corrected chi connectivity index (χ4v) is 4.39. The molecule has 8 nitrogen and oxygen atoms in total. The van der Waals surface area contributed by atoms with Crippen LogP contribution >= 0.6 is 0 Å². The van der Waals surface area contributed by atoms with Crippen LogP contribution in [-0.2, 0) is 23.9 Å². The Bertz CT molecular complexity index is 956. The number of ether oxygens (including phenoxy) is 1. The number of ketones is 1. The molecule has 0 radical (unpaired) electrons. The Kier molecular flexibility index (Phi) is 8.36. The number of Topliss-reactive ketones (excluding diaryl/α,β-unsaturated/α-hetero) is 1. The molecule has 1 saturated heterocycles. The van der Waals surface area contributed by atoms with Gasteiger partial charge in [-0.25, -0.2) is 4.79 Å². The first-order valence-electron chi connectivity index (χ1n) is 11.8. The van der Waals surface area contributed by atoms with E-state index in [1.54, 1.807) is 24.3 Å². The maximum absolute atomic E-state index is 13.0. The third kappa shape index (κ3) is 5.79. The SMILES string of the molecule is CCCC(=O)Nc1ccc(C(=O)COC(=O)C(CC(C)C)N2C(=O)C3CC=CCC3C2=O)cc1. The largest absolute Gasteiger partial charge is 0.456 e. The van der Waals surface area contributed by atoms with Gasteiger partial charge in [0.2, 0.25) is 17.7 Å². The van der Waals surface area contributed by atoms with Crippen molar-refractivity contribution in [1.82, 2.24) is 4.90 Å². The molecule has 1 N–H and O–H groups in total. The fourth-order valence-electron chi connectivity index (χ4n) is 4.39. The van der Waals surface area contributed by atoms with E-state index in [2.05, 4.69) is 5.32 Å². The molecule has 2 aliphatic rings. The molecule has 0 saturated carbocycles. The first kappa shape index (κ1) is 25.3. The number of nitrogens with zero attached hydrogens (tertiary/aromatic N) is 1. The normalized spacial score (nSPS) is 20.3. The minimum Gasteiger partial charge on any atom is -0.456 e. The zero-order valence-corrected chi connectivity index (χ0v) is 19.9. The van der Waals surface area contributed by atoms with Crippen LogP contribution in [0.1, 0.15) is 63.2 Å². The smallest absolute Gasteiger partial charge is 0.329 e. The lowest BCUT2D eigenvalue weighted by Crippen LogP contribution is -2.47. The highest BCUT2D eigenvalue weighted by molar-refractivity contribution is 6.08. The molecule has 3 atom stereocenters. The number of anilines is 1. The highest BCUT2D eigenvalue weighted by Crippen LogP contribution is 2.37. The van der Waals surface area contributed by atoms with Crippen molar-refractivity contribution in [2.45, 2.75) is 58.9 Å². The van der Waals surface area contributed by atoms with Crippen molar-refractivity contribution >= 4 is 35.2 Å². The predicted octanol–water partition coefficient (Wildman–Crippen LogP) is 3.52. The molecule has 34 heavy (non-hydrogen) atoms. The van der Waals surface area contributed by atoms with Crippen molar-refractivity contribution < 1.29 is 28.7 Å². The number of allylic oxidation sites excluding steroid dienone is 2. The number of rotatable bonds is 10. The lowest BCUT2D eigenvalue weighted by Gasteiger charge is -2.26. The number of esters is 1. The van der Waals surface area contributed by atoms with Crippen molar-refractivity contribution in [1.29, 1.82) is 0 Å². The summed E-state index contributed by atoms with van der Waals surface area (Å²) in [4.78, 5) is 64.2. The topological polar surface area (TPSA) is 110 Å². The van der Waals surface area contributed by atoms with Crippen LogP contribution in [0.15, 0.2) is 36.4 Å². The van der Waals surface area contributed by atoms with Crippen LogP contribution in [0.5, 0.6) is 0 Å². The maximum atomic E-state index is 13.0. The van der Waals surface area contributed by atoms with Gasteiger partial charge in [-0.2, -0.15) is 0 Å². The molecule has 182 valence electrons. The first-order valence-corrected chi connectivity index (χ1v) is 11.8. The summed E-state index contributed by atoms with van der Waals surface area (Å²) in [5.41, 5.74) is 0.901. The van der Waals surface area contributed by atoms with Crippen LogP contribution in [0, 0.1) is 17.8 Å². The summed E-state index contributed by atoms with van der Waals surface area (Å²) >= 11 is 0. The van der Waals surface area contributed by atoms with E-state index in [1.165, 1.54) is 0 Å². The number of hydrogen-bond donors (Lipinski definition) is 1. The molecule has 3 rings (SSSR count). The molecule has 1 aromatic carbocycles. The van der Waals surface area contributed by atoms with Gasteiger partial charge in [-0.05, 0) is 55.9 Å². The summed E-state index contributed by atoms with van der Waals surface area (Å²) in [6, 6.07) is 5.28. The second-order valence-corrected chi connectivity index (χ2v) is 9.25. The predicted molar refractivity (Wildman–Crippen MR) is 126 cm³/mol. The van der Waals surface area contributed by atoms with E-state index in [1.807, 2.05) is 32.9 Å². The van der Waals surface area contributed by atoms with Crippen LogP contribution in [0.3, 0.4) is 0 Å². The Morgan fingerprint density at radius 3 is 2.15 bits per heavy atom. The van der Waals surface area contributed by atoms with Gasteiger partial charge in [0.25, 0.3) is 0 Å². The highest BCUT2D eigenvalue weighted by Gasteiger charge is 2.51. The van der Waals surface area contributed by atoms with Crippen LogP contribution < -0.4 is 5.32 Å². The van der Waals surface area contributed by atoms with Crippen molar-refractivity contribution in [2.24, 2.45) is 17.8 Å². The third-order valence-electron chi connectivity index (χ3n) is 6.13. The molecule has 1 aromatic rings. The summed E-state index contributed by atoms with van der Waals surface area (Å²) in [6.45, 7) is 5.20. The van der Waals surface area contributed by atoms with E-state index < -0.39 is 36.2 Å². The van der Waals surface area contributed by atoms with Gasteiger partial charge in [-0.15, -0.1) is 0 Å². The van der Waals surface area contributed by atoms with E-state index in [-0.39, 0.29) is 30.1 Å². The molecule has 3 amide bonds. The second kappa shape index (κ2) is 11.2. The van der Waals surface area contributed by atoms with Crippen molar-refractivity contribution in [2.75, 3.05) is 11.9 Å². The standard InChI is InChI=1S/C26H32N2O6/c1-4-7-23(30)27-18-12-10-17(11-13-18)22(29)15-34-26(33)21(14-16(2)3)28-24(31)19-8-5-6-9-20(19)25(28)32/h5-6,10-13,16,19-21H,4,7-9,14-15H2,1-3H3,(H,27,30). The summed E-state index contributed by atoms with van der Waals surface area (Å²) in [7, 11) is 0. The minimum absolute atomic E-state index is 0.0325. The maximum Gasteiger partial charge on any atom is 0.329 e. The Morgan fingerprint density at radius 1 is 1.03 bits per heavy atom. The van der Waals surface area contributed by atoms with E-state index in [0.29, 0.717) is 30.5 Å². The second-order valence-electron chi connectivity index (χ2n) is 9.25. The molecule has 1 aliphatic heterocycles. The van der Waals surface area contributed by atoms with Gasteiger partial charge in [0.15, 0.2) is 12.4 Å². The zero-order chi connectivity index (χ0) is 24.8. The van der Waals surface area contributed by atoms with Gasteiger partial charge in [-0.1, -0.05) is 32.9 Å². The minimum atomic E-state index is -1.05. The summed E-state index contributed by atoms with van der Waals surface area (Å²) in [6.07, 6.45) is 6.18. The van der Waals surface area contributed by atoms with Gasteiger partial charge in [0, 0.05) is 17.7 Å². The molecule has 1 heterocycles. The van der Waals surface area contributed by atoms with Crippen molar-refractivity contribution in [3.8, 4) is 0 Å². The van der Waals surface area contributed by atoms with Gasteiger partial charge >= 0.3 is 5.97 Å². The summed E-state index contributed by atoms with van der Waals surface area (Å²) in [5.74, 6) is -2.78. The fraction of sp³-hybridized carbons (Fsp3) is 0.500.